The molecule has 1 aromatic carbocycles. The Bertz CT molecular complexity index is 544. The molecule has 0 aliphatic carbocycles. The monoisotopic (exact) mass is 297 g/mol. The van der Waals surface area contributed by atoms with E-state index in [2.05, 4.69) is 23.4 Å². The topological polar surface area (TPSA) is 29.9 Å². The smallest absolute Gasteiger partial charge is 0.0832 e. The predicted molar refractivity (Wildman–Crippen MR) is 80.3 cm³/mol. The molecule has 0 radical (unpaired) electrons. The summed E-state index contributed by atoms with van der Waals surface area (Å²) in [6, 6.07) is 5.98. The number of hydrogen-bond donors (Lipinski definition) is 1. The second-order valence-corrected chi connectivity index (χ2v) is 5.28. The van der Waals surface area contributed by atoms with Gasteiger partial charge in [0.05, 0.1) is 21.4 Å². The van der Waals surface area contributed by atoms with E-state index in [4.69, 9.17) is 23.2 Å². The molecule has 2 aromatic rings. The maximum Gasteiger partial charge on any atom is 0.0832 e. The maximum absolute atomic E-state index is 6.31. The van der Waals surface area contributed by atoms with E-state index < -0.39 is 0 Å². The molecule has 1 heterocycles. The lowest BCUT2D eigenvalue weighted by Gasteiger charge is -2.08. The van der Waals surface area contributed by atoms with Gasteiger partial charge < -0.3 is 5.32 Å². The van der Waals surface area contributed by atoms with Crippen LogP contribution in [0, 0.1) is 6.92 Å². The minimum Gasteiger partial charge on any atom is -0.313 e. The van der Waals surface area contributed by atoms with Crippen LogP contribution in [0.4, 0.5) is 0 Å². The van der Waals surface area contributed by atoms with Crippen molar-refractivity contribution >= 4 is 23.2 Å². The van der Waals surface area contributed by atoms with Crippen LogP contribution >= 0.6 is 23.2 Å². The van der Waals surface area contributed by atoms with E-state index in [-0.39, 0.29) is 0 Å². The number of aromatic nitrogens is 2. The second kappa shape index (κ2) is 6.42. The van der Waals surface area contributed by atoms with E-state index >= 15 is 0 Å². The van der Waals surface area contributed by atoms with Gasteiger partial charge in [0.2, 0.25) is 0 Å². The number of nitrogens with zero attached hydrogens (tertiary/aromatic N) is 2. The Morgan fingerprint density at radius 2 is 2.05 bits per heavy atom. The predicted octanol–water partition coefficient (Wildman–Crippen LogP) is 3.99. The Morgan fingerprint density at radius 1 is 1.26 bits per heavy atom. The van der Waals surface area contributed by atoms with Crippen LogP contribution in [0.1, 0.15) is 24.6 Å². The van der Waals surface area contributed by atoms with E-state index in [1.54, 1.807) is 10.9 Å². The van der Waals surface area contributed by atoms with Crippen molar-refractivity contribution in [2.45, 2.75) is 26.8 Å². The summed E-state index contributed by atoms with van der Waals surface area (Å²) < 4.78 is 1.71. The van der Waals surface area contributed by atoms with Gasteiger partial charge in [-0.1, -0.05) is 36.2 Å². The zero-order valence-corrected chi connectivity index (χ0v) is 12.6. The quantitative estimate of drug-likeness (QED) is 0.846. The maximum atomic E-state index is 6.31. The lowest BCUT2D eigenvalue weighted by molar-refractivity contribution is 0.675. The first-order valence-corrected chi connectivity index (χ1v) is 7.08. The van der Waals surface area contributed by atoms with E-state index in [9.17, 15) is 0 Å². The lowest BCUT2D eigenvalue weighted by Crippen LogP contribution is -2.13. The highest BCUT2D eigenvalue weighted by molar-refractivity contribution is 6.32. The Labute approximate surface area is 123 Å². The van der Waals surface area contributed by atoms with E-state index in [1.165, 1.54) is 0 Å². The average Bonchev–Trinajstić information content (AvgIpc) is 2.70. The molecule has 0 bridgehead atoms. The molecule has 0 amide bonds. The summed E-state index contributed by atoms with van der Waals surface area (Å²) in [7, 11) is 0. The number of aryl methyl sites for hydroxylation is 1. The number of nitrogens with one attached hydrogen (secondary N) is 1. The number of hydrogen-bond acceptors (Lipinski definition) is 2. The van der Waals surface area contributed by atoms with Gasteiger partial charge in [-0.2, -0.15) is 5.10 Å². The molecular formula is C14H17Cl2N3. The van der Waals surface area contributed by atoms with Gasteiger partial charge in [0.25, 0.3) is 0 Å². The van der Waals surface area contributed by atoms with E-state index in [0.717, 1.165) is 36.5 Å². The van der Waals surface area contributed by atoms with Crippen molar-refractivity contribution in [2.24, 2.45) is 0 Å². The highest BCUT2D eigenvalue weighted by Gasteiger charge is 2.08. The molecular weight excluding hydrogens is 281 g/mol. The van der Waals surface area contributed by atoms with Crippen LogP contribution in [-0.2, 0) is 6.54 Å². The standard InChI is InChI=1S/C14H17Cl2N3/c1-3-6-17-8-11-4-5-14(12(15)7-11)19-9-13(16)10(2)18-19/h4-5,7,9,17H,3,6,8H2,1-2H3. The van der Waals surface area contributed by atoms with Crippen molar-refractivity contribution in [3.63, 3.8) is 0 Å². The van der Waals surface area contributed by atoms with Crippen LogP contribution in [0.15, 0.2) is 24.4 Å². The summed E-state index contributed by atoms with van der Waals surface area (Å²) in [6.07, 6.45) is 2.89. The number of benzene rings is 1. The molecule has 0 saturated heterocycles. The number of rotatable bonds is 5. The fraction of sp³-hybridized carbons (Fsp3) is 0.357. The third-order valence-corrected chi connectivity index (χ3v) is 3.53. The Hall–Kier alpha value is -1.03. The van der Waals surface area contributed by atoms with Crippen LogP contribution in [0.3, 0.4) is 0 Å². The molecule has 0 fully saturated rings. The largest absolute Gasteiger partial charge is 0.313 e. The fourth-order valence-corrected chi connectivity index (χ4v) is 2.24. The summed E-state index contributed by atoms with van der Waals surface area (Å²) in [5.41, 5.74) is 2.81. The summed E-state index contributed by atoms with van der Waals surface area (Å²) in [5, 5.41) is 9.00. The molecule has 102 valence electrons. The van der Waals surface area contributed by atoms with Crippen molar-refractivity contribution in [3.05, 3.63) is 45.7 Å². The Morgan fingerprint density at radius 3 is 2.63 bits per heavy atom. The average molecular weight is 298 g/mol. The molecule has 3 nitrogen and oxygen atoms in total. The summed E-state index contributed by atoms with van der Waals surface area (Å²) >= 11 is 12.3. The Kier molecular flexibility index (Phi) is 4.86. The highest BCUT2D eigenvalue weighted by Crippen LogP contribution is 2.24. The van der Waals surface area contributed by atoms with Crippen molar-refractivity contribution in [1.82, 2.24) is 15.1 Å². The van der Waals surface area contributed by atoms with Gasteiger partial charge in [0.15, 0.2) is 0 Å². The highest BCUT2D eigenvalue weighted by atomic mass is 35.5. The first kappa shape index (κ1) is 14.4. The normalized spacial score (nSPS) is 10.9. The van der Waals surface area contributed by atoms with Gasteiger partial charge in [-0.3, -0.25) is 0 Å². The fourth-order valence-electron chi connectivity index (χ4n) is 1.82. The molecule has 5 heteroatoms. The Balaban J connectivity index is 2.19. The molecule has 0 unspecified atom stereocenters. The minimum atomic E-state index is 0.643. The van der Waals surface area contributed by atoms with Gasteiger partial charge in [-0.05, 0) is 37.6 Å². The van der Waals surface area contributed by atoms with Crippen molar-refractivity contribution in [3.8, 4) is 5.69 Å². The third kappa shape index (κ3) is 3.50. The van der Waals surface area contributed by atoms with Crippen molar-refractivity contribution < 1.29 is 0 Å². The molecule has 1 N–H and O–H groups in total. The lowest BCUT2D eigenvalue weighted by atomic mass is 10.2. The first-order chi connectivity index (χ1) is 9.11. The van der Waals surface area contributed by atoms with Gasteiger partial charge in [-0.15, -0.1) is 0 Å². The molecule has 0 aliphatic heterocycles. The minimum absolute atomic E-state index is 0.643. The zero-order chi connectivity index (χ0) is 13.8. The number of halogens is 2. The van der Waals surface area contributed by atoms with Gasteiger partial charge in [-0.25, -0.2) is 4.68 Å². The van der Waals surface area contributed by atoms with Crippen LogP contribution in [-0.4, -0.2) is 16.3 Å². The summed E-state index contributed by atoms with van der Waals surface area (Å²) in [4.78, 5) is 0. The zero-order valence-electron chi connectivity index (χ0n) is 11.1. The molecule has 0 spiro atoms. The molecule has 2 rings (SSSR count). The molecule has 0 saturated carbocycles. The SMILES string of the molecule is CCCNCc1ccc(-n2cc(Cl)c(C)n2)c(Cl)c1. The second-order valence-electron chi connectivity index (χ2n) is 4.47. The van der Waals surface area contributed by atoms with E-state index in [0.29, 0.717) is 10.0 Å². The molecule has 0 aliphatic rings. The van der Waals surface area contributed by atoms with Crippen molar-refractivity contribution in [1.29, 1.82) is 0 Å². The van der Waals surface area contributed by atoms with Gasteiger partial charge >= 0.3 is 0 Å². The van der Waals surface area contributed by atoms with E-state index in [1.807, 2.05) is 19.1 Å². The van der Waals surface area contributed by atoms with Crippen LogP contribution < -0.4 is 5.32 Å². The molecule has 19 heavy (non-hydrogen) atoms. The van der Waals surface area contributed by atoms with Gasteiger partial charge in [0, 0.05) is 12.7 Å². The van der Waals surface area contributed by atoms with Gasteiger partial charge in [0.1, 0.15) is 0 Å². The van der Waals surface area contributed by atoms with Crippen LogP contribution in [0.2, 0.25) is 10.0 Å². The third-order valence-electron chi connectivity index (χ3n) is 2.85. The summed E-state index contributed by atoms with van der Waals surface area (Å²) in [6.45, 7) is 5.85. The first-order valence-electron chi connectivity index (χ1n) is 6.33. The van der Waals surface area contributed by atoms with Crippen molar-refractivity contribution in [2.75, 3.05) is 6.54 Å². The van der Waals surface area contributed by atoms with Crippen LogP contribution in [0.25, 0.3) is 5.69 Å². The molecule has 0 atom stereocenters. The summed E-state index contributed by atoms with van der Waals surface area (Å²) in [5.74, 6) is 0. The molecule has 1 aromatic heterocycles. The van der Waals surface area contributed by atoms with Crippen LogP contribution in [0.5, 0.6) is 0 Å².